The van der Waals surface area contributed by atoms with Crippen molar-refractivity contribution in [2.75, 3.05) is 7.11 Å². The minimum Gasteiger partial charge on any atom is -0.497 e. The number of carbonyl (C=O) groups is 2. The Bertz CT molecular complexity index is 741. The predicted octanol–water partition coefficient (Wildman–Crippen LogP) is 4.31. The highest BCUT2D eigenvalue weighted by molar-refractivity contribution is 6.32. The van der Waals surface area contributed by atoms with E-state index in [1.54, 1.807) is 31.4 Å². The molecule has 0 aliphatic rings. The second-order valence-electron chi connectivity index (χ2n) is 5.39. The van der Waals surface area contributed by atoms with Gasteiger partial charge in [-0.05, 0) is 36.2 Å². The Morgan fingerprint density at radius 1 is 1.04 bits per heavy atom. The molecule has 138 valence electrons. The van der Waals surface area contributed by atoms with Gasteiger partial charge in [-0.3, -0.25) is 9.59 Å². The van der Waals surface area contributed by atoms with Gasteiger partial charge in [0, 0.05) is 12.8 Å². The van der Waals surface area contributed by atoms with Crippen LogP contribution in [0.25, 0.3) is 0 Å². The molecule has 0 aromatic heterocycles. The Balaban J connectivity index is 1.69. The molecule has 0 radical (unpaired) electrons. The molecule has 0 atom stereocenters. The lowest BCUT2D eigenvalue weighted by molar-refractivity contribution is -0.145. The van der Waals surface area contributed by atoms with Crippen molar-refractivity contribution in [3.8, 4) is 11.5 Å². The monoisotopic (exact) mass is 380 g/mol. The molecule has 0 aliphatic heterocycles. The molecule has 2 aromatic carbocycles. The Hall–Kier alpha value is -2.60. The normalized spacial score (nSPS) is 10.3. The highest BCUT2D eigenvalue weighted by atomic mass is 35.5. The van der Waals surface area contributed by atoms with Crippen LogP contribution < -0.4 is 9.47 Å². The number of esters is 2. The summed E-state index contributed by atoms with van der Waals surface area (Å²) in [5, 5.41) is 0.0113. The highest BCUT2D eigenvalue weighted by Gasteiger charge is 2.14. The van der Waals surface area contributed by atoms with E-state index in [4.69, 9.17) is 25.8 Å². The van der Waals surface area contributed by atoms with E-state index in [2.05, 4.69) is 0 Å². The summed E-state index contributed by atoms with van der Waals surface area (Å²) in [4.78, 5) is 23.4. The second kappa shape index (κ2) is 9.77. The topological polar surface area (TPSA) is 61.8 Å². The van der Waals surface area contributed by atoms with Crippen molar-refractivity contribution in [3.63, 3.8) is 0 Å². The summed E-state index contributed by atoms with van der Waals surface area (Å²) >= 11 is 5.78. The van der Waals surface area contributed by atoms with Gasteiger partial charge < -0.3 is 14.2 Å². The van der Waals surface area contributed by atoms with Crippen molar-refractivity contribution in [1.82, 2.24) is 0 Å². The van der Waals surface area contributed by atoms with E-state index in [-0.39, 0.29) is 36.6 Å². The molecule has 26 heavy (non-hydrogen) atoms. The first-order chi connectivity index (χ1) is 12.5. The summed E-state index contributed by atoms with van der Waals surface area (Å²) in [6.07, 6.45) is 0.227. The summed E-state index contributed by atoms with van der Waals surface area (Å²) < 4.78 is 28.6. The maximum atomic E-state index is 13.5. The Labute approximate surface area is 155 Å². The zero-order chi connectivity index (χ0) is 18.9. The molecule has 0 saturated carbocycles. The number of hydrogen-bond acceptors (Lipinski definition) is 5. The fourth-order valence-electron chi connectivity index (χ4n) is 2.08. The summed E-state index contributed by atoms with van der Waals surface area (Å²) in [7, 11) is 1.57. The Morgan fingerprint density at radius 2 is 1.73 bits per heavy atom. The maximum Gasteiger partial charge on any atom is 0.311 e. The van der Waals surface area contributed by atoms with Gasteiger partial charge >= 0.3 is 11.9 Å². The summed E-state index contributed by atoms with van der Waals surface area (Å²) in [5.41, 5.74) is 0.827. The molecule has 0 fully saturated rings. The Kier molecular flexibility index (Phi) is 7.41. The van der Waals surface area contributed by atoms with E-state index in [1.165, 1.54) is 12.1 Å². The van der Waals surface area contributed by atoms with Crippen LogP contribution in [0.15, 0.2) is 42.5 Å². The van der Waals surface area contributed by atoms with Gasteiger partial charge in [-0.2, -0.15) is 0 Å². The number of ether oxygens (including phenoxy) is 3. The van der Waals surface area contributed by atoms with Crippen LogP contribution in [0, 0.1) is 5.82 Å². The molecule has 0 amide bonds. The van der Waals surface area contributed by atoms with Crippen LogP contribution in [-0.4, -0.2) is 19.0 Å². The summed E-state index contributed by atoms with van der Waals surface area (Å²) in [5.74, 6) is -1.41. The number of rotatable bonds is 8. The average molecular weight is 381 g/mol. The first-order valence-electron chi connectivity index (χ1n) is 7.93. The van der Waals surface area contributed by atoms with Gasteiger partial charge in [0.1, 0.15) is 12.4 Å². The first kappa shape index (κ1) is 19.7. The van der Waals surface area contributed by atoms with Crippen LogP contribution in [0.2, 0.25) is 5.02 Å². The SMILES string of the molecule is COc1ccc(COC(=O)CCCC(=O)Oc2c(F)cccc2Cl)cc1. The molecular weight excluding hydrogens is 363 g/mol. The van der Waals surface area contributed by atoms with Crippen LogP contribution in [0.4, 0.5) is 4.39 Å². The zero-order valence-electron chi connectivity index (χ0n) is 14.2. The molecule has 0 bridgehead atoms. The molecule has 0 unspecified atom stereocenters. The molecule has 7 heteroatoms. The van der Waals surface area contributed by atoms with Gasteiger partial charge in [-0.15, -0.1) is 0 Å². The van der Waals surface area contributed by atoms with Gasteiger partial charge in [0.15, 0.2) is 11.6 Å². The smallest absolute Gasteiger partial charge is 0.311 e. The number of para-hydroxylation sites is 1. The number of halogens is 2. The van der Waals surface area contributed by atoms with Crippen LogP contribution in [0.5, 0.6) is 11.5 Å². The van der Waals surface area contributed by atoms with Crippen LogP contribution >= 0.6 is 11.6 Å². The maximum absolute atomic E-state index is 13.5. The summed E-state index contributed by atoms with van der Waals surface area (Å²) in [6, 6.07) is 11.1. The number of hydrogen-bond donors (Lipinski definition) is 0. The largest absolute Gasteiger partial charge is 0.497 e. The molecule has 0 spiro atoms. The van der Waals surface area contributed by atoms with Crippen molar-refractivity contribution in [2.24, 2.45) is 0 Å². The molecular formula is C19H18ClFO5. The highest BCUT2D eigenvalue weighted by Crippen LogP contribution is 2.27. The standard InChI is InChI=1S/C19H18ClFO5/c1-24-14-10-8-13(9-11-14)12-25-17(22)6-3-7-18(23)26-19-15(20)4-2-5-16(19)21/h2,4-5,8-11H,3,6-7,12H2,1H3. The quantitative estimate of drug-likeness (QED) is 0.504. The van der Waals surface area contributed by atoms with Gasteiger partial charge in [0.05, 0.1) is 12.1 Å². The fraction of sp³-hybridized carbons (Fsp3) is 0.263. The van der Waals surface area contributed by atoms with Gasteiger partial charge in [-0.25, -0.2) is 4.39 Å². The molecule has 5 nitrogen and oxygen atoms in total. The second-order valence-corrected chi connectivity index (χ2v) is 5.79. The average Bonchev–Trinajstić information content (AvgIpc) is 2.63. The third-order valence-corrected chi connectivity index (χ3v) is 3.75. The minimum atomic E-state index is -0.718. The zero-order valence-corrected chi connectivity index (χ0v) is 14.9. The molecule has 0 heterocycles. The van der Waals surface area contributed by atoms with E-state index in [0.29, 0.717) is 5.75 Å². The fourth-order valence-corrected chi connectivity index (χ4v) is 2.28. The van der Waals surface area contributed by atoms with Crippen molar-refractivity contribution >= 4 is 23.5 Å². The van der Waals surface area contributed by atoms with Gasteiger partial charge in [0.25, 0.3) is 0 Å². The Morgan fingerprint density at radius 3 is 2.38 bits per heavy atom. The molecule has 2 aromatic rings. The minimum absolute atomic E-state index is 0.0113. The third kappa shape index (κ3) is 6.04. The van der Waals surface area contributed by atoms with Crippen molar-refractivity contribution < 1.29 is 28.2 Å². The van der Waals surface area contributed by atoms with Crippen molar-refractivity contribution in [3.05, 3.63) is 58.9 Å². The number of carbonyl (C=O) groups excluding carboxylic acids is 2. The van der Waals surface area contributed by atoms with E-state index in [1.807, 2.05) is 0 Å². The van der Waals surface area contributed by atoms with Crippen LogP contribution in [-0.2, 0) is 20.9 Å². The van der Waals surface area contributed by atoms with Gasteiger partial charge in [-0.1, -0.05) is 29.8 Å². The molecule has 0 N–H and O–H groups in total. The van der Waals surface area contributed by atoms with Crippen LogP contribution in [0.1, 0.15) is 24.8 Å². The summed E-state index contributed by atoms with van der Waals surface area (Å²) in [6.45, 7) is 0.137. The van der Waals surface area contributed by atoms with E-state index in [9.17, 15) is 14.0 Å². The predicted molar refractivity (Wildman–Crippen MR) is 93.7 cm³/mol. The molecule has 0 aliphatic carbocycles. The van der Waals surface area contributed by atoms with Crippen LogP contribution in [0.3, 0.4) is 0 Å². The lowest BCUT2D eigenvalue weighted by atomic mass is 10.2. The lowest BCUT2D eigenvalue weighted by Crippen LogP contribution is -2.11. The molecule has 2 rings (SSSR count). The number of benzene rings is 2. The lowest BCUT2D eigenvalue weighted by Gasteiger charge is -2.08. The van der Waals surface area contributed by atoms with E-state index < -0.39 is 17.8 Å². The number of methoxy groups -OCH3 is 1. The van der Waals surface area contributed by atoms with E-state index >= 15 is 0 Å². The molecule has 0 saturated heterocycles. The third-order valence-electron chi connectivity index (χ3n) is 3.46. The van der Waals surface area contributed by atoms with E-state index in [0.717, 1.165) is 11.6 Å². The first-order valence-corrected chi connectivity index (χ1v) is 8.30. The van der Waals surface area contributed by atoms with Crippen molar-refractivity contribution in [2.45, 2.75) is 25.9 Å². The van der Waals surface area contributed by atoms with Crippen molar-refractivity contribution in [1.29, 1.82) is 0 Å². The van der Waals surface area contributed by atoms with Gasteiger partial charge in [0.2, 0.25) is 0 Å².